The third-order valence-corrected chi connectivity index (χ3v) is 4.67. The summed E-state index contributed by atoms with van der Waals surface area (Å²) in [7, 11) is 0. The average molecular weight is 392 g/mol. The molecule has 1 N–H and O–H groups in total. The molecule has 0 unspecified atom stereocenters. The number of carbonyl (C=O) groups excluding carboxylic acids is 1. The fraction of sp³-hybridized carbons (Fsp3) is 0.318. The average Bonchev–Trinajstić information content (AvgIpc) is 3.14. The molecular weight excluding hydrogens is 368 g/mol. The lowest BCUT2D eigenvalue weighted by atomic mass is 10.0. The Hall–Kier alpha value is -3.35. The van der Waals surface area contributed by atoms with Crippen molar-refractivity contribution in [1.29, 1.82) is 0 Å². The van der Waals surface area contributed by atoms with Crippen LogP contribution in [0.2, 0.25) is 0 Å². The molecule has 2 heterocycles. The van der Waals surface area contributed by atoms with Crippen LogP contribution in [0.25, 0.3) is 11.3 Å². The van der Waals surface area contributed by atoms with E-state index in [9.17, 15) is 14.7 Å². The number of nitrogens with zero attached hydrogens (tertiary/aromatic N) is 4. The first-order valence-corrected chi connectivity index (χ1v) is 9.78. The van der Waals surface area contributed by atoms with E-state index in [-0.39, 0.29) is 17.2 Å². The number of Topliss-reactive ketones (excluding diaryl/α,β-unsaturated/α-hetero) is 1. The molecule has 0 bridgehead atoms. The zero-order valence-corrected chi connectivity index (χ0v) is 16.6. The Morgan fingerprint density at radius 3 is 2.52 bits per heavy atom. The number of aryl methyl sites for hydroxylation is 1. The largest absolute Gasteiger partial charge is 0.478 e. The molecule has 0 saturated carbocycles. The summed E-state index contributed by atoms with van der Waals surface area (Å²) < 4.78 is 1.82. The molecule has 2 aromatic heterocycles. The number of carboxylic acids is 1. The van der Waals surface area contributed by atoms with Gasteiger partial charge in [-0.05, 0) is 24.1 Å². The first kappa shape index (κ1) is 20.4. The second-order valence-corrected chi connectivity index (χ2v) is 6.78. The highest BCUT2D eigenvalue weighted by atomic mass is 16.4. The summed E-state index contributed by atoms with van der Waals surface area (Å²) >= 11 is 0. The third kappa shape index (κ3) is 4.74. The fourth-order valence-electron chi connectivity index (χ4n) is 3.04. The number of hydrogen-bond donors (Lipinski definition) is 1. The van der Waals surface area contributed by atoms with Gasteiger partial charge in [0.05, 0.1) is 11.3 Å². The predicted octanol–water partition coefficient (Wildman–Crippen LogP) is 4.02. The van der Waals surface area contributed by atoms with Crippen molar-refractivity contribution in [2.75, 3.05) is 0 Å². The minimum Gasteiger partial charge on any atom is -0.478 e. The SMILES string of the molecule is CCCCn1nc(C(=O)CC)nc1Cc1ccc(-c2ncccc2C(=O)O)cc1. The maximum atomic E-state index is 12.0. The van der Waals surface area contributed by atoms with E-state index in [2.05, 4.69) is 22.0 Å². The smallest absolute Gasteiger partial charge is 0.337 e. The number of aromatic carboxylic acids is 1. The van der Waals surface area contributed by atoms with Gasteiger partial charge >= 0.3 is 5.97 Å². The Labute approximate surface area is 169 Å². The summed E-state index contributed by atoms with van der Waals surface area (Å²) in [5.41, 5.74) is 2.35. The van der Waals surface area contributed by atoms with Crippen LogP contribution in [0.4, 0.5) is 0 Å². The molecule has 7 heteroatoms. The molecule has 29 heavy (non-hydrogen) atoms. The molecule has 1 aromatic carbocycles. The van der Waals surface area contributed by atoms with E-state index in [1.54, 1.807) is 25.3 Å². The predicted molar refractivity (Wildman–Crippen MR) is 109 cm³/mol. The van der Waals surface area contributed by atoms with Gasteiger partial charge in [-0.1, -0.05) is 44.5 Å². The van der Waals surface area contributed by atoms with Crippen molar-refractivity contribution in [3.63, 3.8) is 0 Å². The number of carbonyl (C=O) groups is 2. The maximum absolute atomic E-state index is 12.0. The standard InChI is InChI=1S/C22H24N4O3/c1-3-5-13-26-19(24-21(25-26)18(27)4-2)14-15-8-10-16(11-9-15)20-17(22(28)29)7-6-12-23-20/h6-12H,3-5,13-14H2,1-2H3,(H,28,29). The Morgan fingerprint density at radius 1 is 1.10 bits per heavy atom. The van der Waals surface area contributed by atoms with Crippen molar-refractivity contribution in [3.8, 4) is 11.3 Å². The molecule has 0 aliphatic rings. The van der Waals surface area contributed by atoms with Crippen LogP contribution in [0.5, 0.6) is 0 Å². The molecule has 150 valence electrons. The van der Waals surface area contributed by atoms with E-state index in [0.717, 1.165) is 36.3 Å². The molecular formula is C22H24N4O3. The second-order valence-electron chi connectivity index (χ2n) is 6.78. The number of aromatic nitrogens is 4. The highest BCUT2D eigenvalue weighted by Gasteiger charge is 2.16. The molecule has 0 saturated heterocycles. The van der Waals surface area contributed by atoms with E-state index in [4.69, 9.17) is 0 Å². The topological polar surface area (TPSA) is 98.0 Å². The van der Waals surface area contributed by atoms with Crippen LogP contribution in [0, 0.1) is 0 Å². The third-order valence-electron chi connectivity index (χ3n) is 4.67. The first-order chi connectivity index (χ1) is 14.0. The van der Waals surface area contributed by atoms with Gasteiger partial charge in [-0.3, -0.25) is 9.78 Å². The van der Waals surface area contributed by atoms with Gasteiger partial charge in [0.1, 0.15) is 5.82 Å². The molecule has 3 aromatic rings. The lowest BCUT2D eigenvalue weighted by Crippen LogP contribution is -2.07. The summed E-state index contributed by atoms with van der Waals surface area (Å²) in [6.45, 7) is 4.64. The Kier molecular flexibility index (Phi) is 6.49. The lowest BCUT2D eigenvalue weighted by Gasteiger charge is -2.07. The molecule has 0 amide bonds. The van der Waals surface area contributed by atoms with Crippen LogP contribution in [0.15, 0.2) is 42.6 Å². The highest BCUT2D eigenvalue weighted by Crippen LogP contribution is 2.22. The van der Waals surface area contributed by atoms with E-state index in [1.165, 1.54) is 0 Å². The maximum Gasteiger partial charge on any atom is 0.337 e. The van der Waals surface area contributed by atoms with Crippen LogP contribution < -0.4 is 0 Å². The number of ketones is 1. The van der Waals surface area contributed by atoms with Crippen molar-refractivity contribution in [2.45, 2.75) is 46.1 Å². The second kappa shape index (κ2) is 9.23. The van der Waals surface area contributed by atoms with Crippen molar-refractivity contribution >= 4 is 11.8 Å². The van der Waals surface area contributed by atoms with Gasteiger partial charge in [-0.15, -0.1) is 5.10 Å². The molecule has 0 aliphatic carbocycles. The summed E-state index contributed by atoms with van der Waals surface area (Å²) in [5, 5.41) is 13.8. The van der Waals surface area contributed by atoms with Gasteiger partial charge in [0.25, 0.3) is 0 Å². The van der Waals surface area contributed by atoms with E-state index in [0.29, 0.717) is 18.5 Å². The zero-order valence-electron chi connectivity index (χ0n) is 16.6. The number of pyridine rings is 1. The summed E-state index contributed by atoms with van der Waals surface area (Å²) in [6.07, 6.45) is 4.50. The zero-order chi connectivity index (χ0) is 20.8. The summed E-state index contributed by atoms with van der Waals surface area (Å²) in [4.78, 5) is 32.1. The van der Waals surface area contributed by atoms with Crippen LogP contribution in [0.1, 0.15) is 65.5 Å². The van der Waals surface area contributed by atoms with Gasteiger partial charge in [-0.25, -0.2) is 14.5 Å². The molecule has 0 radical (unpaired) electrons. The first-order valence-electron chi connectivity index (χ1n) is 9.78. The van der Waals surface area contributed by atoms with Gasteiger partial charge in [0.15, 0.2) is 0 Å². The molecule has 3 rings (SSSR count). The summed E-state index contributed by atoms with van der Waals surface area (Å²) in [6, 6.07) is 10.7. The van der Waals surface area contributed by atoms with E-state index >= 15 is 0 Å². The Morgan fingerprint density at radius 2 is 1.86 bits per heavy atom. The van der Waals surface area contributed by atoms with E-state index in [1.807, 2.05) is 28.9 Å². The highest BCUT2D eigenvalue weighted by molar-refractivity contribution is 5.94. The van der Waals surface area contributed by atoms with Gasteiger partial charge in [0, 0.05) is 31.1 Å². The fourth-order valence-corrected chi connectivity index (χ4v) is 3.04. The minimum atomic E-state index is -1.01. The molecule has 0 spiro atoms. The number of carboxylic acid groups (broad SMARTS) is 1. The van der Waals surface area contributed by atoms with Gasteiger partial charge in [-0.2, -0.15) is 0 Å². The number of rotatable bonds is 9. The summed E-state index contributed by atoms with van der Waals surface area (Å²) in [5.74, 6) is -0.0376. The molecule has 0 atom stereocenters. The van der Waals surface area contributed by atoms with Crippen molar-refractivity contribution in [3.05, 3.63) is 65.4 Å². The van der Waals surface area contributed by atoms with Crippen LogP contribution >= 0.6 is 0 Å². The lowest BCUT2D eigenvalue weighted by molar-refractivity contribution is 0.0697. The number of hydrogen-bond acceptors (Lipinski definition) is 5. The van der Waals surface area contributed by atoms with E-state index < -0.39 is 5.97 Å². The van der Waals surface area contributed by atoms with Crippen LogP contribution in [-0.2, 0) is 13.0 Å². The van der Waals surface area contributed by atoms with Crippen LogP contribution in [-0.4, -0.2) is 36.6 Å². The van der Waals surface area contributed by atoms with Crippen molar-refractivity contribution in [2.24, 2.45) is 0 Å². The normalized spacial score (nSPS) is 10.8. The number of benzene rings is 1. The molecule has 7 nitrogen and oxygen atoms in total. The minimum absolute atomic E-state index is 0.0619. The number of unbranched alkanes of at least 4 members (excludes halogenated alkanes) is 1. The Balaban J connectivity index is 1.85. The monoisotopic (exact) mass is 392 g/mol. The Bertz CT molecular complexity index is 1010. The molecule has 0 fully saturated rings. The van der Waals surface area contributed by atoms with Crippen LogP contribution in [0.3, 0.4) is 0 Å². The van der Waals surface area contributed by atoms with Gasteiger partial charge < -0.3 is 5.11 Å². The van der Waals surface area contributed by atoms with Gasteiger partial charge in [0.2, 0.25) is 11.6 Å². The van der Waals surface area contributed by atoms with Crippen molar-refractivity contribution < 1.29 is 14.7 Å². The van der Waals surface area contributed by atoms with Crippen molar-refractivity contribution in [1.82, 2.24) is 19.7 Å². The quantitative estimate of drug-likeness (QED) is 0.552. The molecule has 0 aliphatic heterocycles.